The summed E-state index contributed by atoms with van der Waals surface area (Å²) in [5, 5.41) is 0. The molecule has 7 heteroatoms. The van der Waals surface area contributed by atoms with Gasteiger partial charge >= 0.3 is 6.61 Å². The van der Waals surface area contributed by atoms with E-state index in [0.29, 0.717) is 12.8 Å². The third kappa shape index (κ3) is 3.99. The van der Waals surface area contributed by atoms with Crippen molar-refractivity contribution in [2.45, 2.75) is 32.5 Å². The largest absolute Gasteiger partial charge is 0.472 e. The molecule has 1 atom stereocenters. The van der Waals surface area contributed by atoms with Crippen LogP contribution in [0.2, 0.25) is 0 Å². The van der Waals surface area contributed by atoms with E-state index in [9.17, 15) is 18.0 Å². The van der Waals surface area contributed by atoms with E-state index in [1.54, 1.807) is 18.2 Å². The van der Waals surface area contributed by atoms with Crippen LogP contribution in [0.1, 0.15) is 29.4 Å². The normalized spacial score (nSPS) is 16.4. The molecule has 0 aliphatic carbocycles. The summed E-state index contributed by atoms with van der Waals surface area (Å²) in [6.45, 7) is -1.74. The molecule has 3 rings (SSSR count). The van der Waals surface area contributed by atoms with Crippen molar-refractivity contribution in [2.75, 3.05) is 6.61 Å². The smallest absolute Gasteiger partial charge is 0.345 e. The molecule has 1 aliphatic heterocycles. The summed E-state index contributed by atoms with van der Waals surface area (Å²) in [5.74, 6) is -0.374. The summed E-state index contributed by atoms with van der Waals surface area (Å²) in [6.07, 6.45) is 0.455. The number of halogens is 3. The first-order valence-electron chi connectivity index (χ1n) is 7.81. The van der Waals surface area contributed by atoms with Crippen molar-refractivity contribution < 1.29 is 27.4 Å². The van der Waals surface area contributed by atoms with Gasteiger partial charge in [0.15, 0.2) is 5.78 Å². The fraction of sp³-hybridized carbons (Fsp3) is 0.333. The summed E-state index contributed by atoms with van der Waals surface area (Å²) < 4.78 is 47.6. The Bertz CT molecular complexity index is 778. The number of alkyl halides is 2. The molecule has 0 unspecified atom stereocenters. The molecule has 0 saturated carbocycles. The second kappa shape index (κ2) is 7.23. The van der Waals surface area contributed by atoms with Crippen LogP contribution in [0.3, 0.4) is 0 Å². The Morgan fingerprint density at radius 1 is 1.36 bits per heavy atom. The summed E-state index contributed by atoms with van der Waals surface area (Å²) in [4.78, 5) is 16.0. The lowest BCUT2D eigenvalue weighted by atomic mass is 9.94. The van der Waals surface area contributed by atoms with Gasteiger partial charge in [-0.2, -0.15) is 8.78 Å². The SMILES string of the molecule is CC(=O)c1cc(-c2ccc(F)cc2)c2c(n1)O[C@H](COC(F)F)CC2. The van der Waals surface area contributed by atoms with E-state index in [1.807, 2.05) is 0 Å². The zero-order valence-corrected chi connectivity index (χ0v) is 13.5. The van der Waals surface area contributed by atoms with E-state index in [2.05, 4.69) is 9.72 Å². The molecule has 25 heavy (non-hydrogen) atoms. The number of fused-ring (bicyclic) bond motifs is 1. The van der Waals surface area contributed by atoms with Gasteiger partial charge in [0.05, 0.1) is 6.61 Å². The van der Waals surface area contributed by atoms with Crippen molar-refractivity contribution in [2.24, 2.45) is 0 Å². The van der Waals surface area contributed by atoms with Crippen molar-refractivity contribution in [3.05, 3.63) is 47.4 Å². The molecule has 0 radical (unpaired) electrons. The number of hydrogen-bond acceptors (Lipinski definition) is 4. The first-order valence-corrected chi connectivity index (χ1v) is 7.81. The van der Waals surface area contributed by atoms with E-state index in [0.717, 1.165) is 16.7 Å². The van der Waals surface area contributed by atoms with Gasteiger partial charge in [0, 0.05) is 12.5 Å². The standard InChI is InChI=1S/C18H16F3NO3/c1-10(23)16-8-15(11-2-4-12(19)5-3-11)14-7-6-13(9-24-18(20)21)25-17(14)22-16/h2-5,8,13,18H,6-7,9H2,1H3/t13-/m0/s1. The van der Waals surface area contributed by atoms with Crippen LogP contribution >= 0.6 is 0 Å². The molecule has 0 amide bonds. The van der Waals surface area contributed by atoms with Crippen LogP contribution in [0.4, 0.5) is 13.2 Å². The molecule has 0 saturated heterocycles. The van der Waals surface area contributed by atoms with E-state index >= 15 is 0 Å². The topological polar surface area (TPSA) is 48.4 Å². The third-order valence-corrected chi connectivity index (χ3v) is 4.00. The minimum atomic E-state index is -2.86. The van der Waals surface area contributed by atoms with Crippen molar-refractivity contribution in [1.82, 2.24) is 4.98 Å². The van der Waals surface area contributed by atoms with Gasteiger partial charge in [-0.05, 0) is 42.2 Å². The van der Waals surface area contributed by atoms with Gasteiger partial charge < -0.3 is 9.47 Å². The third-order valence-electron chi connectivity index (χ3n) is 4.00. The molecule has 1 aliphatic rings. The van der Waals surface area contributed by atoms with Crippen LogP contribution in [0, 0.1) is 5.82 Å². The summed E-state index contributed by atoms with van der Waals surface area (Å²) >= 11 is 0. The molecule has 0 bridgehead atoms. The Hall–Kier alpha value is -2.41. The van der Waals surface area contributed by atoms with E-state index in [4.69, 9.17) is 4.74 Å². The molecule has 1 aromatic carbocycles. The molecule has 2 aromatic rings. The number of nitrogens with zero attached hydrogens (tertiary/aromatic N) is 1. The quantitative estimate of drug-likeness (QED) is 0.764. The van der Waals surface area contributed by atoms with Gasteiger partial charge in [0.2, 0.25) is 5.88 Å². The van der Waals surface area contributed by atoms with Crippen molar-refractivity contribution in [3.8, 4) is 17.0 Å². The molecular formula is C18H16F3NO3. The van der Waals surface area contributed by atoms with Crippen LogP contribution in [-0.4, -0.2) is 30.1 Å². The van der Waals surface area contributed by atoms with Gasteiger partial charge in [0.25, 0.3) is 0 Å². The average Bonchev–Trinajstić information content (AvgIpc) is 2.59. The Balaban J connectivity index is 1.97. The maximum atomic E-state index is 13.2. The monoisotopic (exact) mass is 351 g/mol. The van der Waals surface area contributed by atoms with Crippen LogP contribution in [0.25, 0.3) is 11.1 Å². The number of benzene rings is 1. The van der Waals surface area contributed by atoms with E-state index in [1.165, 1.54) is 19.1 Å². The second-order valence-corrected chi connectivity index (χ2v) is 5.77. The second-order valence-electron chi connectivity index (χ2n) is 5.77. The van der Waals surface area contributed by atoms with Crippen LogP contribution in [0.15, 0.2) is 30.3 Å². The molecule has 4 nitrogen and oxygen atoms in total. The lowest BCUT2D eigenvalue weighted by Gasteiger charge is -2.27. The first kappa shape index (κ1) is 17.4. The molecule has 2 heterocycles. The lowest BCUT2D eigenvalue weighted by molar-refractivity contribution is -0.146. The predicted octanol–water partition coefficient (Wildman–Crippen LogP) is 4.02. The van der Waals surface area contributed by atoms with Crippen molar-refractivity contribution >= 4 is 5.78 Å². The van der Waals surface area contributed by atoms with Crippen molar-refractivity contribution in [1.29, 1.82) is 0 Å². The average molecular weight is 351 g/mol. The lowest BCUT2D eigenvalue weighted by Crippen LogP contribution is -2.29. The number of carbonyl (C=O) groups is 1. The summed E-state index contributed by atoms with van der Waals surface area (Å²) in [5.41, 5.74) is 2.43. The molecule has 0 N–H and O–H groups in total. The molecule has 0 spiro atoms. The fourth-order valence-electron chi connectivity index (χ4n) is 2.77. The van der Waals surface area contributed by atoms with E-state index < -0.39 is 12.7 Å². The van der Waals surface area contributed by atoms with Crippen LogP contribution in [-0.2, 0) is 11.2 Å². The van der Waals surface area contributed by atoms with Gasteiger partial charge in [-0.25, -0.2) is 9.37 Å². The number of rotatable bonds is 5. The highest BCUT2D eigenvalue weighted by molar-refractivity contribution is 5.94. The molecule has 0 fully saturated rings. The Kier molecular flexibility index (Phi) is 5.03. The van der Waals surface area contributed by atoms with Crippen LogP contribution in [0.5, 0.6) is 5.88 Å². The number of carbonyl (C=O) groups excluding carboxylic acids is 1. The summed E-state index contributed by atoms with van der Waals surface area (Å²) in [7, 11) is 0. The Labute approximate surface area is 142 Å². The molecule has 1 aromatic heterocycles. The maximum absolute atomic E-state index is 13.2. The Morgan fingerprint density at radius 3 is 2.72 bits per heavy atom. The Morgan fingerprint density at radius 2 is 2.08 bits per heavy atom. The zero-order valence-electron chi connectivity index (χ0n) is 13.5. The van der Waals surface area contributed by atoms with Crippen molar-refractivity contribution in [3.63, 3.8) is 0 Å². The van der Waals surface area contributed by atoms with Gasteiger partial charge in [-0.3, -0.25) is 4.79 Å². The maximum Gasteiger partial charge on any atom is 0.345 e. The number of ketones is 1. The van der Waals surface area contributed by atoms with E-state index in [-0.39, 0.29) is 29.8 Å². The molecular weight excluding hydrogens is 335 g/mol. The summed E-state index contributed by atoms with van der Waals surface area (Å²) in [6, 6.07) is 7.53. The van der Waals surface area contributed by atoms with Gasteiger partial charge in [0.1, 0.15) is 17.6 Å². The number of aromatic nitrogens is 1. The molecule has 132 valence electrons. The first-order chi connectivity index (χ1) is 11.9. The number of Topliss-reactive ketones (excluding diaryl/α,β-unsaturated/α-hetero) is 1. The van der Waals surface area contributed by atoms with Crippen LogP contribution < -0.4 is 4.74 Å². The fourth-order valence-corrected chi connectivity index (χ4v) is 2.77. The van der Waals surface area contributed by atoms with Gasteiger partial charge in [-0.15, -0.1) is 0 Å². The number of pyridine rings is 1. The zero-order chi connectivity index (χ0) is 18.0. The minimum Gasteiger partial charge on any atom is -0.472 e. The number of hydrogen-bond donors (Lipinski definition) is 0. The highest BCUT2D eigenvalue weighted by Gasteiger charge is 2.26. The number of ether oxygens (including phenoxy) is 2. The van der Waals surface area contributed by atoms with Gasteiger partial charge in [-0.1, -0.05) is 12.1 Å². The highest BCUT2D eigenvalue weighted by Crippen LogP contribution is 2.35. The highest BCUT2D eigenvalue weighted by atomic mass is 19.3. The minimum absolute atomic E-state index is 0.202. The predicted molar refractivity (Wildman–Crippen MR) is 84.3 cm³/mol.